The maximum Gasteiger partial charge on any atom is 0.159 e. The lowest BCUT2D eigenvalue weighted by Gasteiger charge is -2.24. The predicted octanol–water partition coefficient (Wildman–Crippen LogP) is 4.41. The van der Waals surface area contributed by atoms with Crippen molar-refractivity contribution in [2.45, 2.75) is 32.6 Å². The first-order valence-corrected chi connectivity index (χ1v) is 9.55. The van der Waals surface area contributed by atoms with Gasteiger partial charge in [0, 0.05) is 34.9 Å². The SMILES string of the molecule is CC1c2[nH]c3cc(-c4ccc(F)c(F)c4)c(CO)c(CO)c3c2Cc2cccn21. The standard InChI is InChI=1S/C23H20F2N2O2/c1-12-23-16(8-14-3-2-6-27(12)14)22-18(11-29)17(10-28)15(9-21(22)26-23)13-4-5-19(24)20(25)7-13/h2-7,9,12,26,28-29H,8,10-11H2,1H3. The van der Waals surface area contributed by atoms with Gasteiger partial charge in [0.25, 0.3) is 0 Å². The fourth-order valence-corrected chi connectivity index (χ4v) is 4.67. The normalized spacial score (nSPS) is 15.6. The van der Waals surface area contributed by atoms with Crippen LogP contribution in [0.2, 0.25) is 0 Å². The molecule has 0 saturated carbocycles. The lowest BCUT2D eigenvalue weighted by atomic mass is 9.89. The van der Waals surface area contributed by atoms with Gasteiger partial charge in [-0.1, -0.05) is 6.07 Å². The number of rotatable bonds is 3. The summed E-state index contributed by atoms with van der Waals surface area (Å²) in [6.07, 6.45) is 2.77. The Morgan fingerprint density at radius 3 is 2.59 bits per heavy atom. The molecule has 1 aliphatic heterocycles. The number of aliphatic hydroxyl groups excluding tert-OH is 2. The van der Waals surface area contributed by atoms with Gasteiger partial charge in [0.05, 0.1) is 19.3 Å². The summed E-state index contributed by atoms with van der Waals surface area (Å²) in [4.78, 5) is 3.48. The van der Waals surface area contributed by atoms with Crippen LogP contribution in [0.5, 0.6) is 0 Å². The van der Waals surface area contributed by atoms with Crippen LogP contribution in [-0.2, 0) is 19.6 Å². The summed E-state index contributed by atoms with van der Waals surface area (Å²) in [5.74, 6) is -1.87. The molecule has 0 bridgehead atoms. The second kappa shape index (κ2) is 6.54. The quantitative estimate of drug-likeness (QED) is 0.482. The molecule has 0 aliphatic carbocycles. The summed E-state index contributed by atoms with van der Waals surface area (Å²) in [5, 5.41) is 21.2. The van der Waals surface area contributed by atoms with Gasteiger partial charge in [-0.25, -0.2) is 8.78 Å². The van der Waals surface area contributed by atoms with E-state index in [1.54, 1.807) is 0 Å². The second-order valence-corrected chi connectivity index (χ2v) is 7.53. The number of nitrogens with one attached hydrogen (secondary N) is 1. The summed E-state index contributed by atoms with van der Waals surface area (Å²) in [5.41, 5.74) is 6.35. The number of aromatic amines is 1. The number of benzene rings is 2. The molecule has 5 rings (SSSR count). The van der Waals surface area contributed by atoms with Crippen LogP contribution < -0.4 is 0 Å². The second-order valence-electron chi connectivity index (χ2n) is 7.53. The molecule has 1 aliphatic rings. The minimum Gasteiger partial charge on any atom is -0.392 e. The van der Waals surface area contributed by atoms with Gasteiger partial charge in [0.2, 0.25) is 0 Å². The summed E-state index contributed by atoms with van der Waals surface area (Å²) >= 11 is 0. The van der Waals surface area contributed by atoms with Crippen LogP contribution in [0, 0.1) is 11.6 Å². The summed E-state index contributed by atoms with van der Waals surface area (Å²) < 4.78 is 29.5. The van der Waals surface area contributed by atoms with Crippen LogP contribution in [-0.4, -0.2) is 19.8 Å². The van der Waals surface area contributed by atoms with E-state index in [-0.39, 0.29) is 19.3 Å². The predicted molar refractivity (Wildman–Crippen MR) is 107 cm³/mol. The topological polar surface area (TPSA) is 61.2 Å². The Bertz CT molecular complexity index is 1260. The zero-order valence-corrected chi connectivity index (χ0v) is 15.8. The molecule has 148 valence electrons. The largest absolute Gasteiger partial charge is 0.392 e. The lowest BCUT2D eigenvalue weighted by molar-refractivity contribution is 0.261. The Labute approximate surface area is 166 Å². The minimum absolute atomic E-state index is 0.104. The molecule has 0 radical (unpaired) electrons. The van der Waals surface area contributed by atoms with Gasteiger partial charge < -0.3 is 19.8 Å². The van der Waals surface area contributed by atoms with Crippen molar-refractivity contribution in [2.24, 2.45) is 0 Å². The number of aromatic nitrogens is 2. The van der Waals surface area contributed by atoms with Crippen molar-refractivity contribution < 1.29 is 19.0 Å². The molecule has 1 unspecified atom stereocenters. The third-order valence-corrected chi connectivity index (χ3v) is 6.05. The van der Waals surface area contributed by atoms with E-state index < -0.39 is 11.6 Å². The summed E-state index contributed by atoms with van der Waals surface area (Å²) in [6, 6.07) is 9.74. The first-order valence-electron chi connectivity index (χ1n) is 9.55. The smallest absolute Gasteiger partial charge is 0.159 e. The number of fused-ring (bicyclic) bond motifs is 4. The van der Waals surface area contributed by atoms with Gasteiger partial charge in [-0.3, -0.25) is 0 Å². The highest BCUT2D eigenvalue weighted by Gasteiger charge is 2.28. The van der Waals surface area contributed by atoms with Gasteiger partial charge in [-0.2, -0.15) is 0 Å². The maximum absolute atomic E-state index is 13.9. The van der Waals surface area contributed by atoms with Gasteiger partial charge in [-0.05, 0) is 65.1 Å². The van der Waals surface area contributed by atoms with E-state index in [4.69, 9.17) is 0 Å². The van der Waals surface area contributed by atoms with Crippen LogP contribution in [0.4, 0.5) is 8.78 Å². The van der Waals surface area contributed by atoms with Crippen molar-refractivity contribution in [2.75, 3.05) is 0 Å². The Morgan fingerprint density at radius 1 is 1.07 bits per heavy atom. The first kappa shape index (κ1) is 18.1. The number of aliphatic hydroxyl groups is 2. The van der Waals surface area contributed by atoms with Crippen molar-refractivity contribution in [3.8, 4) is 11.1 Å². The van der Waals surface area contributed by atoms with Crippen molar-refractivity contribution >= 4 is 10.9 Å². The molecule has 4 aromatic rings. The van der Waals surface area contributed by atoms with Crippen molar-refractivity contribution in [3.05, 3.63) is 82.3 Å². The molecule has 3 N–H and O–H groups in total. The van der Waals surface area contributed by atoms with Crippen LogP contribution in [0.15, 0.2) is 42.6 Å². The van der Waals surface area contributed by atoms with E-state index >= 15 is 0 Å². The van der Waals surface area contributed by atoms with E-state index in [1.165, 1.54) is 11.8 Å². The summed E-state index contributed by atoms with van der Waals surface area (Å²) in [7, 11) is 0. The molecule has 0 spiro atoms. The fourth-order valence-electron chi connectivity index (χ4n) is 4.67. The number of H-pyrrole nitrogens is 1. The lowest BCUT2D eigenvalue weighted by Crippen LogP contribution is -2.17. The number of halogens is 2. The molecule has 4 nitrogen and oxygen atoms in total. The van der Waals surface area contributed by atoms with E-state index in [9.17, 15) is 19.0 Å². The van der Waals surface area contributed by atoms with Gasteiger partial charge in [-0.15, -0.1) is 0 Å². The van der Waals surface area contributed by atoms with Crippen molar-refractivity contribution in [1.29, 1.82) is 0 Å². The third-order valence-electron chi connectivity index (χ3n) is 6.05. The highest BCUT2D eigenvalue weighted by atomic mass is 19.2. The molecule has 0 fully saturated rings. The molecule has 3 heterocycles. The average Bonchev–Trinajstić information content (AvgIpc) is 3.34. The Hall–Kier alpha value is -2.96. The zero-order chi connectivity index (χ0) is 20.3. The van der Waals surface area contributed by atoms with Gasteiger partial charge in [0.15, 0.2) is 11.6 Å². The Balaban J connectivity index is 1.80. The highest BCUT2D eigenvalue weighted by molar-refractivity contribution is 5.94. The van der Waals surface area contributed by atoms with E-state index in [2.05, 4.69) is 22.5 Å². The molecule has 6 heteroatoms. The van der Waals surface area contributed by atoms with Crippen LogP contribution in [0.3, 0.4) is 0 Å². The molecule has 29 heavy (non-hydrogen) atoms. The first-order chi connectivity index (χ1) is 14.0. The van der Waals surface area contributed by atoms with Crippen LogP contribution >= 0.6 is 0 Å². The molecule has 2 aromatic carbocycles. The van der Waals surface area contributed by atoms with Crippen molar-refractivity contribution in [1.82, 2.24) is 9.55 Å². The van der Waals surface area contributed by atoms with E-state index in [0.717, 1.165) is 40.7 Å². The third kappa shape index (κ3) is 2.56. The van der Waals surface area contributed by atoms with Crippen LogP contribution in [0.1, 0.15) is 41.0 Å². The number of hydrogen-bond acceptors (Lipinski definition) is 2. The van der Waals surface area contributed by atoms with Gasteiger partial charge in [0.1, 0.15) is 0 Å². The molecular weight excluding hydrogens is 374 g/mol. The van der Waals surface area contributed by atoms with Gasteiger partial charge >= 0.3 is 0 Å². The zero-order valence-electron chi connectivity index (χ0n) is 15.8. The number of nitrogens with zero attached hydrogens (tertiary/aromatic N) is 1. The molecule has 1 atom stereocenters. The van der Waals surface area contributed by atoms with Crippen LogP contribution in [0.25, 0.3) is 22.0 Å². The molecule has 0 amide bonds. The molecule has 2 aromatic heterocycles. The van der Waals surface area contributed by atoms with E-state index in [1.807, 2.05) is 18.3 Å². The number of hydrogen-bond donors (Lipinski definition) is 3. The average molecular weight is 394 g/mol. The highest BCUT2D eigenvalue weighted by Crippen LogP contribution is 2.41. The molecular formula is C23H20F2N2O2. The fraction of sp³-hybridized carbons (Fsp3) is 0.217. The maximum atomic E-state index is 13.9. The summed E-state index contributed by atoms with van der Waals surface area (Å²) in [6.45, 7) is 1.54. The Kier molecular flexibility index (Phi) is 4.08. The molecule has 0 saturated heterocycles. The monoisotopic (exact) mass is 394 g/mol. The van der Waals surface area contributed by atoms with E-state index in [0.29, 0.717) is 22.3 Å². The van der Waals surface area contributed by atoms with Crippen molar-refractivity contribution in [3.63, 3.8) is 0 Å². The Morgan fingerprint density at radius 2 is 1.86 bits per heavy atom. The minimum atomic E-state index is -0.948.